The number of aromatic nitrogens is 1. The van der Waals surface area contributed by atoms with E-state index in [9.17, 15) is 4.79 Å². The SMILES string of the molecule is CC1(c2ccccc2)CCc2nc(Cl)ccc2C1=O. The van der Waals surface area contributed by atoms with E-state index in [4.69, 9.17) is 11.6 Å². The molecule has 1 aliphatic rings. The number of rotatable bonds is 1. The van der Waals surface area contributed by atoms with Crippen molar-refractivity contribution in [1.82, 2.24) is 4.98 Å². The third-order valence-electron chi connectivity index (χ3n) is 3.96. The Morgan fingerprint density at radius 1 is 1.16 bits per heavy atom. The molecule has 0 saturated heterocycles. The highest BCUT2D eigenvalue weighted by Crippen LogP contribution is 2.37. The van der Waals surface area contributed by atoms with Crippen molar-refractivity contribution in [2.75, 3.05) is 0 Å². The Morgan fingerprint density at radius 2 is 1.89 bits per heavy atom. The van der Waals surface area contributed by atoms with Gasteiger partial charge in [0.2, 0.25) is 0 Å². The van der Waals surface area contributed by atoms with Crippen LogP contribution < -0.4 is 0 Å². The summed E-state index contributed by atoms with van der Waals surface area (Å²) in [5.41, 5.74) is 2.15. The van der Waals surface area contributed by atoms with Gasteiger partial charge in [-0.25, -0.2) is 4.98 Å². The van der Waals surface area contributed by atoms with Crippen molar-refractivity contribution in [3.8, 4) is 0 Å². The van der Waals surface area contributed by atoms with Crippen molar-refractivity contribution in [3.05, 3.63) is 64.4 Å². The molecule has 0 aliphatic heterocycles. The Bertz CT molecular complexity index is 638. The summed E-state index contributed by atoms with van der Waals surface area (Å²) < 4.78 is 0. The fourth-order valence-corrected chi connectivity index (χ4v) is 2.90. The normalized spacial score (nSPS) is 22.1. The zero-order valence-electron chi connectivity index (χ0n) is 10.7. The topological polar surface area (TPSA) is 30.0 Å². The summed E-state index contributed by atoms with van der Waals surface area (Å²) in [5.74, 6) is 0.143. The number of pyridine rings is 1. The lowest BCUT2D eigenvalue weighted by Crippen LogP contribution is -2.37. The highest BCUT2D eigenvalue weighted by atomic mass is 35.5. The third-order valence-corrected chi connectivity index (χ3v) is 4.17. The largest absolute Gasteiger partial charge is 0.293 e. The first-order chi connectivity index (χ1) is 9.11. The molecule has 0 amide bonds. The smallest absolute Gasteiger partial charge is 0.174 e. The predicted molar refractivity (Wildman–Crippen MR) is 75.7 cm³/mol. The van der Waals surface area contributed by atoms with Gasteiger partial charge >= 0.3 is 0 Å². The molecule has 0 bridgehead atoms. The summed E-state index contributed by atoms with van der Waals surface area (Å²) in [5, 5.41) is 0.454. The van der Waals surface area contributed by atoms with Gasteiger partial charge in [-0.05, 0) is 37.5 Å². The van der Waals surface area contributed by atoms with Crippen LogP contribution in [0.25, 0.3) is 0 Å². The molecule has 0 spiro atoms. The van der Waals surface area contributed by atoms with E-state index < -0.39 is 5.41 Å². The number of hydrogen-bond donors (Lipinski definition) is 0. The van der Waals surface area contributed by atoms with Gasteiger partial charge in [0, 0.05) is 5.56 Å². The lowest BCUT2D eigenvalue weighted by Gasteiger charge is -2.33. The molecule has 1 aromatic heterocycles. The number of benzene rings is 1. The minimum Gasteiger partial charge on any atom is -0.293 e. The summed E-state index contributed by atoms with van der Waals surface area (Å²) in [4.78, 5) is 17.0. The third kappa shape index (κ3) is 1.96. The zero-order valence-corrected chi connectivity index (χ0v) is 11.4. The molecule has 0 saturated carbocycles. The van der Waals surface area contributed by atoms with Gasteiger partial charge < -0.3 is 0 Å². The van der Waals surface area contributed by atoms with Gasteiger partial charge in [0.25, 0.3) is 0 Å². The van der Waals surface area contributed by atoms with Crippen LogP contribution in [-0.4, -0.2) is 10.8 Å². The Labute approximate surface area is 117 Å². The van der Waals surface area contributed by atoms with Crippen LogP contribution >= 0.6 is 11.6 Å². The molecule has 3 rings (SSSR count). The minimum atomic E-state index is -0.455. The number of ketones is 1. The molecule has 0 radical (unpaired) electrons. The number of fused-ring (bicyclic) bond motifs is 1. The van der Waals surface area contributed by atoms with Crippen LogP contribution in [0.2, 0.25) is 5.15 Å². The van der Waals surface area contributed by atoms with Crippen molar-refractivity contribution in [2.24, 2.45) is 0 Å². The Kier molecular flexibility index (Phi) is 2.90. The number of carbonyl (C=O) groups excluding carboxylic acids is 1. The van der Waals surface area contributed by atoms with Crippen LogP contribution in [0.3, 0.4) is 0 Å². The van der Waals surface area contributed by atoms with Crippen LogP contribution in [0.1, 0.15) is 35.0 Å². The molecule has 0 N–H and O–H groups in total. The van der Waals surface area contributed by atoms with Crippen molar-refractivity contribution in [3.63, 3.8) is 0 Å². The molecule has 2 aromatic rings. The molecule has 19 heavy (non-hydrogen) atoms. The van der Waals surface area contributed by atoms with Crippen molar-refractivity contribution >= 4 is 17.4 Å². The van der Waals surface area contributed by atoms with Gasteiger partial charge in [0.1, 0.15) is 5.15 Å². The maximum atomic E-state index is 12.8. The van der Waals surface area contributed by atoms with E-state index in [1.807, 2.05) is 37.3 Å². The fraction of sp³-hybridized carbons (Fsp3) is 0.250. The first-order valence-electron chi connectivity index (χ1n) is 6.37. The van der Waals surface area contributed by atoms with Gasteiger partial charge in [-0.2, -0.15) is 0 Å². The van der Waals surface area contributed by atoms with Crippen LogP contribution in [0.5, 0.6) is 0 Å². The zero-order chi connectivity index (χ0) is 13.5. The molecular weight excluding hydrogens is 258 g/mol. The standard InChI is InChI=1S/C16H14ClNO/c1-16(11-5-3-2-4-6-11)10-9-13-12(15(16)19)7-8-14(17)18-13/h2-8H,9-10H2,1H3. The molecular formula is C16H14ClNO. The van der Waals surface area contributed by atoms with Crippen molar-refractivity contribution in [2.45, 2.75) is 25.2 Å². The van der Waals surface area contributed by atoms with Gasteiger partial charge in [-0.1, -0.05) is 41.9 Å². The molecule has 2 nitrogen and oxygen atoms in total. The van der Waals surface area contributed by atoms with E-state index in [1.54, 1.807) is 12.1 Å². The Balaban J connectivity index is 2.09. The first-order valence-corrected chi connectivity index (χ1v) is 6.75. The highest BCUT2D eigenvalue weighted by Gasteiger charge is 2.40. The van der Waals surface area contributed by atoms with E-state index in [2.05, 4.69) is 4.98 Å². The minimum absolute atomic E-state index is 0.143. The molecule has 1 heterocycles. The van der Waals surface area contributed by atoms with E-state index in [1.165, 1.54) is 0 Å². The Hall–Kier alpha value is -1.67. The van der Waals surface area contributed by atoms with Crippen molar-refractivity contribution in [1.29, 1.82) is 0 Å². The summed E-state index contributed by atoms with van der Waals surface area (Å²) in [6.45, 7) is 2.02. The van der Waals surface area contributed by atoms with Gasteiger partial charge in [-0.3, -0.25) is 4.79 Å². The summed E-state index contributed by atoms with van der Waals surface area (Å²) in [6.07, 6.45) is 1.56. The lowest BCUT2D eigenvalue weighted by atomic mass is 9.69. The van der Waals surface area contributed by atoms with Gasteiger partial charge in [0.05, 0.1) is 11.1 Å². The second-order valence-electron chi connectivity index (χ2n) is 5.16. The monoisotopic (exact) mass is 271 g/mol. The quantitative estimate of drug-likeness (QED) is 0.738. The van der Waals surface area contributed by atoms with Crippen molar-refractivity contribution < 1.29 is 4.79 Å². The van der Waals surface area contributed by atoms with E-state index >= 15 is 0 Å². The van der Waals surface area contributed by atoms with Gasteiger partial charge in [0.15, 0.2) is 5.78 Å². The Morgan fingerprint density at radius 3 is 2.63 bits per heavy atom. The van der Waals surface area contributed by atoms with Crippen LogP contribution in [0.15, 0.2) is 42.5 Å². The lowest BCUT2D eigenvalue weighted by molar-refractivity contribution is 0.0874. The number of nitrogens with zero attached hydrogens (tertiary/aromatic N) is 1. The fourth-order valence-electron chi connectivity index (χ4n) is 2.73. The molecule has 1 aromatic carbocycles. The molecule has 96 valence electrons. The second kappa shape index (κ2) is 4.46. The van der Waals surface area contributed by atoms with Crippen LogP contribution in [-0.2, 0) is 11.8 Å². The predicted octanol–water partition coefficient (Wildman–Crippen LogP) is 3.82. The number of halogens is 1. The molecule has 1 aliphatic carbocycles. The number of aryl methyl sites for hydroxylation is 1. The second-order valence-corrected chi connectivity index (χ2v) is 5.54. The number of hydrogen-bond acceptors (Lipinski definition) is 2. The van der Waals surface area contributed by atoms with Crippen LogP contribution in [0, 0.1) is 0 Å². The van der Waals surface area contributed by atoms with E-state index in [0.717, 1.165) is 24.1 Å². The summed E-state index contributed by atoms with van der Waals surface area (Å²) >= 11 is 5.89. The average Bonchev–Trinajstić information content (AvgIpc) is 2.44. The van der Waals surface area contributed by atoms with Gasteiger partial charge in [-0.15, -0.1) is 0 Å². The average molecular weight is 272 g/mol. The molecule has 1 atom stereocenters. The maximum absolute atomic E-state index is 12.8. The maximum Gasteiger partial charge on any atom is 0.174 e. The molecule has 0 fully saturated rings. The molecule has 3 heteroatoms. The van der Waals surface area contributed by atoms with Crippen LogP contribution in [0.4, 0.5) is 0 Å². The van der Waals surface area contributed by atoms with E-state index in [0.29, 0.717) is 10.7 Å². The summed E-state index contributed by atoms with van der Waals surface area (Å²) in [7, 11) is 0. The molecule has 1 unspecified atom stereocenters. The first kappa shape index (κ1) is 12.4. The number of Topliss-reactive ketones (excluding diaryl/α,β-unsaturated/α-hetero) is 1. The highest BCUT2D eigenvalue weighted by molar-refractivity contribution is 6.29. The number of carbonyl (C=O) groups is 1. The van der Waals surface area contributed by atoms with E-state index in [-0.39, 0.29) is 5.78 Å². The summed E-state index contributed by atoms with van der Waals surface area (Å²) in [6, 6.07) is 13.4.